The first-order valence-corrected chi connectivity index (χ1v) is 5.13. The van der Waals surface area contributed by atoms with Crippen LogP contribution >= 0.6 is 0 Å². The Bertz CT molecular complexity index is 344. The van der Waals surface area contributed by atoms with Gasteiger partial charge >= 0.3 is 0 Å². The fraction of sp³-hybridized carbons (Fsp3) is 0.700. The molecule has 0 saturated carbocycles. The van der Waals surface area contributed by atoms with Crippen molar-refractivity contribution in [1.29, 1.82) is 0 Å². The highest BCUT2D eigenvalue weighted by Crippen LogP contribution is 2.12. The number of hydrogen-bond donors (Lipinski definition) is 1. The number of aromatic nitrogens is 3. The van der Waals surface area contributed by atoms with Crippen LogP contribution in [-0.2, 0) is 17.8 Å². The predicted molar refractivity (Wildman–Crippen MR) is 55.3 cm³/mol. The molecule has 0 fully saturated rings. The van der Waals surface area contributed by atoms with Crippen LogP contribution < -0.4 is 0 Å². The molecule has 5 heteroatoms. The summed E-state index contributed by atoms with van der Waals surface area (Å²) in [6.45, 7) is 5.92. The van der Waals surface area contributed by atoms with Crippen molar-refractivity contribution in [3.63, 3.8) is 0 Å². The molecule has 0 aromatic carbocycles. The Hall–Kier alpha value is -1.23. The van der Waals surface area contributed by atoms with Crippen molar-refractivity contribution in [3.8, 4) is 0 Å². The van der Waals surface area contributed by atoms with E-state index in [1.165, 1.54) is 13.3 Å². The lowest BCUT2D eigenvalue weighted by molar-refractivity contribution is -0.135. The summed E-state index contributed by atoms with van der Waals surface area (Å²) in [5.41, 5.74) is -1.26. The van der Waals surface area contributed by atoms with E-state index in [0.29, 0.717) is 18.8 Å². The molecular formula is C10H17N3O2. The van der Waals surface area contributed by atoms with Gasteiger partial charge in [-0.1, -0.05) is 6.92 Å². The molecule has 15 heavy (non-hydrogen) atoms. The fourth-order valence-corrected chi connectivity index (χ4v) is 1.22. The van der Waals surface area contributed by atoms with Gasteiger partial charge in [-0.2, -0.15) is 5.10 Å². The molecule has 1 aromatic rings. The third kappa shape index (κ3) is 2.62. The van der Waals surface area contributed by atoms with Gasteiger partial charge in [0.25, 0.3) is 0 Å². The Kier molecular flexibility index (Phi) is 3.57. The minimum Gasteiger partial charge on any atom is -0.382 e. The number of rotatable bonds is 5. The quantitative estimate of drug-likeness (QED) is 0.773. The summed E-state index contributed by atoms with van der Waals surface area (Å²) in [6, 6.07) is 0. The zero-order valence-corrected chi connectivity index (χ0v) is 9.40. The first-order valence-electron chi connectivity index (χ1n) is 5.13. The number of nitrogens with zero attached hydrogens (tertiary/aromatic N) is 3. The van der Waals surface area contributed by atoms with Crippen LogP contribution in [0.3, 0.4) is 0 Å². The van der Waals surface area contributed by atoms with E-state index in [4.69, 9.17) is 0 Å². The number of aryl methyl sites for hydroxylation is 1. The van der Waals surface area contributed by atoms with Gasteiger partial charge in [0.15, 0.2) is 5.78 Å². The number of hydrogen-bond acceptors (Lipinski definition) is 4. The molecule has 0 amide bonds. The zero-order valence-electron chi connectivity index (χ0n) is 9.40. The van der Waals surface area contributed by atoms with Gasteiger partial charge in [-0.3, -0.25) is 4.79 Å². The van der Waals surface area contributed by atoms with Crippen molar-refractivity contribution >= 4 is 5.78 Å². The topological polar surface area (TPSA) is 68.0 Å². The maximum Gasteiger partial charge on any atom is 0.171 e. The molecule has 1 atom stereocenters. The molecule has 0 aliphatic rings. The second-order valence-electron chi connectivity index (χ2n) is 3.72. The third-order valence-electron chi connectivity index (χ3n) is 2.60. The molecule has 0 aliphatic heterocycles. The average Bonchev–Trinajstić information content (AvgIpc) is 2.65. The Morgan fingerprint density at radius 3 is 2.80 bits per heavy atom. The summed E-state index contributed by atoms with van der Waals surface area (Å²) in [5.74, 6) is 0.393. The predicted octanol–water partition coefficient (Wildman–Crippen LogP) is 0.571. The van der Waals surface area contributed by atoms with Crippen LogP contribution in [0.1, 0.15) is 33.0 Å². The lowest BCUT2D eigenvalue weighted by Crippen LogP contribution is -2.36. The van der Waals surface area contributed by atoms with Gasteiger partial charge in [0.05, 0.1) is 6.42 Å². The minimum atomic E-state index is -1.26. The number of carbonyl (C=O) groups excluding carboxylic acids is 1. The third-order valence-corrected chi connectivity index (χ3v) is 2.60. The highest BCUT2D eigenvalue weighted by Gasteiger charge is 2.28. The molecular weight excluding hydrogens is 194 g/mol. The smallest absolute Gasteiger partial charge is 0.171 e. The van der Waals surface area contributed by atoms with Crippen LogP contribution in [0, 0.1) is 0 Å². The molecule has 1 N–H and O–H groups in total. The molecule has 0 saturated heterocycles. The van der Waals surface area contributed by atoms with Crippen molar-refractivity contribution < 1.29 is 9.90 Å². The number of Topliss-reactive ketones (excluding diaryl/α,β-unsaturated/α-hetero) is 1. The van der Waals surface area contributed by atoms with Gasteiger partial charge in [0.1, 0.15) is 17.8 Å². The lowest BCUT2D eigenvalue weighted by atomic mass is 9.95. The highest BCUT2D eigenvalue weighted by molar-refractivity contribution is 5.87. The minimum absolute atomic E-state index is 0.134. The summed E-state index contributed by atoms with van der Waals surface area (Å²) >= 11 is 0. The zero-order chi connectivity index (χ0) is 11.5. The number of aliphatic hydroxyl groups is 1. The first-order chi connectivity index (χ1) is 7.01. The number of ketones is 1. The van der Waals surface area contributed by atoms with E-state index in [-0.39, 0.29) is 12.2 Å². The van der Waals surface area contributed by atoms with Crippen molar-refractivity contribution in [2.24, 2.45) is 0 Å². The molecule has 1 rings (SSSR count). The van der Waals surface area contributed by atoms with Crippen LogP contribution in [0.4, 0.5) is 0 Å². The molecule has 84 valence electrons. The molecule has 1 aromatic heterocycles. The largest absolute Gasteiger partial charge is 0.382 e. The van der Waals surface area contributed by atoms with E-state index in [2.05, 4.69) is 10.1 Å². The first kappa shape index (κ1) is 11.8. The maximum absolute atomic E-state index is 11.7. The summed E-state index contributed by atoms with van der Waals surface area (Å²) < 4.78 is 1.66. The lowest BCUT2D eigenvalue weighted by Gasteiger charge is -2.19. The molecule has 0 aliphatic carbocycles. The molecule has 0 radical (unpaired) electrons. The fourth-order valence-electron chi connectivity index (χ4n) is 1.22. The Morgan fingerprint density at radius 2 is 2.27 bits per heavy atom. The number of carbonyl (C=O) groups is 1. The van der Waals surface area contributed by atoms with Crippen molar-refractivity contribution in [2.75, 3.05) is 0 Å². The molecule has 0 bridgehead atoms. The van der Waals surface area contributed by atoms with E-state index in [1.54, 1.807) is 11.6 Å². The Balaban J connectivity index is 2.74. The van der Waals surface area contributed by atoms with E-state index in [9.17, 15) is 9.90 Å². The molecule has 5 nitrogen and oxygen atoms in total. The van der Waals surface area contributed by atoms with Gasteiger partial charge < -0.3 is 5.11 Å². The highest BCUT2D eigenvalue weighted by atomic mass is 16.3. The van der Waals surface area contributed by atoms with Gasteiger partial charge in [-0.25, -0.2) is 9.67 Å². The standard InChI is InChI=1S/C10H17N3O2/c1-4-10(3,15)8(14)6-9-11-7-12-13(9)5-2/h7,15H,4-6H2,1-3H3. The van der Waals surface area contributed by atoms with Crippen molar-refractivity contribution in [2.45, 2.75) is 45.8 Å². The average molecular weight is 211 g/mol. The molecule has 1 unspecified atom stereocenters. The summed E-state index contributed by atoms with van der Waals surface area (Å²) in [4.78, 5) is 15.7. The van der Waals surface area contributed by atoms with Gasteiger partial charge in [-0.05, 0) is 20.3 Å². The van der Waals surface area contributed by atoms with E-state index >= 15 is 0 Å². The van der Waals surface area contributed by atoms with Gasteiger partial charge in [0.2, 0.25) is 0 Å². The second-order valence-corrected chi connectivity index (χ2v) is 3.72. The second kappa shape index (κ2) is 4.53. The summed E-state index contributed by atoms with van der Waals surface area (Å²) in [6.07, 6.45) is 1.97. The Morgan fingerprint density at radius 1 is 1.60 bits per heavy atom. The van der Waals surface area contributed by atoms with Crippen molar-refractivity contribution in [3.05, 3.63) is 12.2 Å². The normalized spacial score (nSPS) is 14.9. The maximum atomic E-state index is 11.7. The van der Waals surface area contributed by atoms with Gasteiger partial charge in [-0.15, -0.1) is 0 Å². The summed E-state index contributed by atoms with van der Waals surface area (Å²) in [7, 11) is 0. The van der Waals surface area contributed by atoms with E-state index < -0.39 is 5.60 Å². The van der Waals surface area contributed by atoms with E-state index in [0.717, 1.165) is 0 Å². The monoisotopic (exact) mass is 211 g/mol. The SMILES string of the molecule is CCn1ncnc1CC(=O)C(C)(O)CC. The molecule has 0 spiro atoms. The van der Waals surface area contributed by atoms with Crippen LogP contribution in [0.25, 0.3) is 0 Å². The van der Waals surface area contributed by atoms with E-state index in [1.807, 2.05) is 6.92 Å². The van der Waals surface area contributed by atoms with Crippen LogP contribution in [0.2, 0.25) is 0 Å². The summed E-state index contributed by atoms with van der Waals surface area (Å²) in [5, 5.41) is 13.7. The Labute approximate surface area is 89.1 Å². The van der Waals surface area contributed by atoms with Crippen LogP contribution in [0.5, 0.6) is 0 Å². The van der Waals surface area contributed by atoms with Crippen molar-refractivity contribution in [1.82, 2.24) is 14.8 Å². The molecule has 1 heterocycles. The van der Waals surface area contributed by atoms with Gasteiger partial charge in [0, 0.05) is 6.54 Å². The van der Waals surface area contributed by atoms with Crippen LogP contribution in [0.15, 0.2) is 6.33 Å². The van der Waals surface area contributed by atoms with Crippen LogP contribution in [-0.4, -0.2) is 31.3 Å².